The second-order valence-corrected chi connectivity index (χ2v) is 8.97. The molecule has 2 heterocycles. The number of nitrogens with zero attached hydrogens (tertiary/aromatic N) is 2. The van der Waals surface area contributed by atoms with Crippen LogP contribution in [0, 0.1) is 5.92 Å². The highest BCUT2D eigenvalue weighted by Gasteiger charge is 2.30. The molecular formula is C18H29N3O2S. The van der Waals surface area contributed by atoms with Crippen molar-refractivity contribution in [2.24, 2.45) is 5.92 Å². The monoisotopic (exact) mass is 351 g/mol. The molecule has 1 aromatic rings. The fraction of sp³-hybridized carbons (Fsp3) is 0.667. The van der Waals surface area contributed by atoms with Gasteiger partial charge in [-0.1, -0.05) is 37.3 Å². The SMILES string of the molecule is C[C@@H]1CCCN(S(=O)(=O)NC2CCN(Cc3ccccc3)CC2)C1. The van der Waals surface area contributed by atoms with E-state index in [4.69, 9.17) is 0 Å². The second kappa shape index (κ2) is 7.95. The molecule has 1 N–H and O–H groups in total. The molecule has 134 valence electrons. The highest BCUT2D eigenvalue weighted by Crippen LogP contribution is 2.20. The maximum absolute atomic E-state index is 12.6. The van der Waals surface area contributed by atoms with E-state index in [2.05, 4.69) is 40.8 Å². The highest BCUT2D eigenvalue weighted by molar-refractivity contribution is 7.87. The number of likely N-dealkylation sites (tertiary alicyclic amines) is 1. The summed E-state index contributed by atoms with van der Waals surface area (Å²) in [5.41, 5.74) is 1.32. The Morgan fingerprint density at radius 3 is 2.46 bits per heavy atom. The van der Waals surface area contributed by atoms with Crippen LogP contribution in [0.4, 0.5) is 0 Å². The Morgan fingerprint density at radius 2 is 1.79 bits per heavy atom. The van der Waals surface area contributed by atoms with E-state index in [0.29, 0.717) is 19.0 Å². The summed E-state index contributed by atoms with van der Waals surface area (Å²) in [7, 11) is -3.33. The molecule has 0 bridgehead atoms. The molecule has 0 spiro atoms. The van der Waals surface area contributed by atoms with Gasteiger partial charge in [0.15, 0.2) is 0 Å². The Bertz CT molecular complexity index is 612. The van der Waals surface area contributed by atoms with Crippen molar-refractivity contribution in [3.8, 4) is 0 Å². The fourth-order valence-corrected chi connectivity index (χ4v) is 5.33. The zero-order chi connectivity index (χ0) is 17.0. The smallest absolute Gasteiger partial charge is 0.279 e. The summed E-state index contributed by atoms with van der Waals surface area (Å²) in [6, 6.07) is 10.5. The van der Waals surface area contributed by atoms with Crippen LogP contribution in [0.3, 0.4) is 0 Å². The predicted octanol–water partition coefficient (Wildman–Crippen LogP) is 2.22. The topological polar surface area (TPSA) is 52.7 Å². The van der Waals surface area contributed by atoms with Crippen LogP contribution >= 0.6 is 0 Å². The molecule has 2 fully saturated rings. The van der Waals surface area contributed by atoms with Crippen LogP contribution in [0.25, 0.3) is 0 Å². The summed E-state index contributed by atoms with van der Waals surface area (Å²) in [6.45, 7) is 6.28. The van der Waals surface area contributed by atoms with Gasteiger partial charge in [-0.05, 0) is 37.2 Å². The lowest BCUT2D eigenvalue weighted by atomic mass is 10.0. The first-order valence-corrected chi connectivity index (χ1v) is 10.5. The number of hydrogen-bond acceptors (Lipinski definition) is 3. The molecule has 1 aromatic carbocycles. The molecule has 6 heteroatoms. The Morgan fingerprint density at radius 1 is 1.08 bits per heavy atom. The lowest BCUT2D eigenvalue weighted by Gasteiger charge is -2.35. The Balaban J connectivity index is 1.48. The Kier molecular flexibility index (Phi) is 5.92. The van der Waals surface area contributed by atoms with E-state index in [1.54, 1.807) is 4.31 Å². The molecular weight excluding hydrogens is 322 g/mol. The van der Waals surface area contributed by atoms with E-state index in [0.717, 1.165) is 45.3 Å². The molecule has 0 radical (unpaired) electrons. The van der Waals surface area contributed by atoms with Crippen LogP contribution in [0.5, 0.6) is 0 Å². The molecule has 5 nitrogen and oxygen atoms in total. The standard InChI is InChI=1S/C18H29N3O2S/c1-16-6-5-11-21(14-16)24(22,23)19-18-9-12-20(13-10-18)15-17-7-3-2-4-8-17/h2-4,7-8,16,18-19H,5-6,9-15H2,1H3/t16-/m1/s1. The minimum atomic E-state index is -3.33. The van der Waals surface area contributed by atoms with Crippen LogP contribution in [0.2, 0.25) is 0 Å². The van der Waals surface area contributed by atoms with Gasteiger partial charge in [-0.25, -0.2) is 0 Å². The van der Waals surface area contributed by atoms with E-state index in [1.807, 2.05) is 6.07 Å². The van der Waals surface area contributed by atoms with Crippen LogP contribution in [0.15, 0.2) is 30.3 Å². The summed E-state index contributed by atoms with van der Waals surface area (Å²) in [4.78, 5) is 2.41. The number of nitrogens with one attached hydrogen (secondary N) is 1. The molecule has 2 saturated heterocycles. The second-order valence-electron chi connectivity index (χ2n) is 7.26. The molecule has 2 aliphatic heterocycles. The Labute approximate surface area is 146 Å². The molecule has 1 atom stereocenters. The van der Waals surface area contributed by atoms with E-state index < -0.39 is 10.2 Å². The number of hydrogen-bond donors (Lipinski definition) is 1. The van der Waals surface area contributed by atoms with Gasteiger partial charge in [-0.2, -0.15) is 17.4 Å². The van der Waals surface area contributed by atoms with Crippen LogP contribution in [0.1, 0.15) is 38.2 Å². The lowest BCUT2D eigenvalue weighted by molar-refractivity contribution is 0.197. The molecule has 0 amide bonds. The van der Waals surface area contributed by atoms with Gasteiger partial charge in [-0.15, -0.1) is 0 Å². The van der Waals surface area contributed by atoms with Crippen molar-refractivity contribution < 1.29 is 8.42 Å². The summed E-state index contributed by atoms with van der Waals surface area (Å²) in [6.07, 6.45) is 3.87. The molecule has 0 aromatic heterocycles. The van der Waals surface area contributed by atoms with Gasteiger partial charge >= 0.3 is 0 Å². The normalized spacial score (nSPS) is 25.0. The molecule has 3 rings (SSSR count). The predicted molar refractivity (Wildman–Crippen MR) is 96.8 cm³/mol. The van der Waals surface area contributed by atoms with Crippen LogP contribution < -0.4 is 4.72 Å². The van der Waals surface area contributed by atoms with Crippen molar-refractivity contribution in [2.75, 3.05) is 26.2 Å². The van der Waals surface area contributed by atoms with Crippen molar-refractivity contribution in [1.82, 2.24) is 13.9 Å². The summed E-state index contributed by atoms with van der Waals surface area (Å²) < 4.78 is 29.7. The first-order valence-electron chi connectivity index (χ1n) is 9.06. The quantitative estimate of drug-likeness (QED) is 0.885. The number of rotatable bonds is 5. The highest BCUT2D eigenvalue weighted by atomic mass is 32.2. The van der Waals surface area contributed by atoms with Gasteiger partial charge in [-0.3, -0.25) is 4.90 Å². The van der Waals surface area contributed by atoms with Crippen LogP contribution in [-0.4, -0.2) is 49.8 Å². The van der Waals surface area contributed by atoms with E-state index in [9.17, 15) is 8.42 Å². The minimum absolute atomic E-state index is 0.0688. The van der Waals surface area contributed by atoms with Gasteiger partial charge in [0.05, 0.1) is 0 Å². The van der Waals surface area contributed by atoms with E-state index in [-0.39, 0.29) is 6.04 Å². The molecule has 0 aliphatic carbocycles. The molecule has 0 saturated carbocycles. The molecule has 2 aliphatic rings. The Hall–Kier alpha value is -0.950. The van der Waals surface area contributed by atoms with Gasteiger partial charge in [0, 0.05) is 38.8 Å². The van der Waals surface area contributed by atoms with Crippen molar-refractivity contribution in [3.05, 3.63) is 35.9 Å². The first kappa shape index (κ1) is 17.9. The molecule has 24 heavy (non-hydrogen) atoms. The van der Waals surface area contributed by atoms with E-state index in [1.165, 1.54) is 5.56 Å². The largest absolute Gasteiger partial charge is 0.299 e. The third-order valence-electron chi connectivity index (χ3n) is 5.11. The van der Waals surface area contributed by atoms with Gasteiger partial charge < -0.3 is 0 Å². The summed E-state index contributed by atoms with van der Waals surface area (Å²) in [5.74, 6) is 0.461. The molecule has 0 unspecified atom stereocenters. The minimum Gasteiger partial charge on any atom is -0.299 e. The number of benzene rings is 1. The van der Waals surface area contributed by atoms with Crippen molar-refractivity contribution in [3.63, 3.8) is 0 Å². The fourth-order valence-electron chi connectivity index (χ4n) is 3.70. The maximum Gasteiger partial charge on any atom is 0.279 e. The number of piperidine rings is 2. The van der Waals surface area contributed by atoms with Crippen molar-refractivity contribution in [1.29, 1.82) is 0 Å². The summed E-state index contributed by atoms with van der Waals surface area (Å²) in [5, 5.41) is 0. The van der Waals surface area contributed by atoms with Crippen molar-refractivity contribution in [2.45, 2.75) is 45.2 Å². The lowest BCUT2D eigenvalue weighted by Crippen LogP contribution is -2.51. The van der Waals surface area contributed by atoms with E-state index >= 15 is 0 Å². The zero-order valence-electron chi connectivity index (χ0n) is 14.5. The third kappa shape index (κ3) is 4.79. The zero-order valence-corrected chi connectivity index (χ0v) is 15.3. The first-order chi connectivity index (χ1) is 11.5. The van der Waals surface area contributed by atoms with Gasteiger partial charge in [0.1, 0.15) is 0 Å². The third-order valence-corrected chi connectivity index (χ3v) is 6.75. The average molecular weight is 352 g/mol. The maximum atomic E-state index is 12.6. The van der Waals surface area contributed by atoms with Gasteiger partial charge in [0.25, 0.3) is 10.2 Å². The van der Waals surface area contributed by atoms with Crippen LogP contribution in [-0.2, 0) is 16.8 Å². The van der Waals surface area contributed by atoms with Gasteiger partial charge in [0.2, 0.25) is 0 Å². The van der Waals surface area contributed by atoms with Crippen molar-refractivity contribution >= 4 is 10.2 Å². The summed E-state index contributed by atoms with van der Waals surface area (Å²) >= 11 is 0. The average Bonchev–Trinajstić information content (AvgIpc) is 2.57.